The number of rotatable bonds is 3. The maximum atomic E-state index is 13.2. The fourth-order valence-electron chi connectivity index (χ4n) is 4.79. The molecule has 2 fully saturated rings. The second kappa shape index (κ2) is 7.23. The van der Waals surface area contributed by atoms with Crippen molar-refractivity contribution in [1.82, 2.24) is 20.4 Å². The summed E-state index contributed by atoms with van der Waals surface area (Å²) >= 11 is 0. The van der Waals surface area contributed by atoms with Crippen molar-refractivity contribution in [3.05, 3.63) is 53.9 Å². The van der Waals surface area contributed by atoms with Gasteiger partial charge in [-0.05, 0) is 44.2 Å². The minimum Gasteiger partial charge on any atom is -0.330 e. The summed E-state index contributed by atoms with van der Waals surface area (Å²) in [5.41, 5.74) is 1.80. The number of benzene rings is 1. The Labute approximate surface area is 155 Å². The van der Waals surface area contributed by atoms with Gasteiger partial charge in [0, 0.05) is 24.8 Å². The summed E-state index contributed by atoms with van der Waals surface area (Å²) in [6.07, 6.45) is 8.29. The highest BCUT2D eigenvalue weighted by atomic mass is 16.2. The second-order valence-electron chi connectivity index (χ2n) is 7.94. The Bertz CT molecular complexity index is 730. The molecule has 1 amide bonds. The van der Waals surface area contributed by atoms with E-state index in [-0.39, 0.29) is 11.4 Å². The van der Waals surface area contributed by atoms with Crippen LogP contribution in [-0.2, 0) is 6.42 Å². The van der Waals surface area contributed by atoms with Gasteiger partial charge in [0.05, 0.1) is 5.54 Å². The molecule has 2 saturated heterocycles. The van der Waals surface area contributed by atoms with Crippen molar-refractivity contribution in [3.8, 4) is 0 Å². The maximum Gasteiger partial charge on any atom is 0.272 e. The smallest absolute Gasteiger partial charge is 0.272 e. The summed E-state index contributed by atoms with van der Waals surface area (Å²) in [7, 11) is 0. The van der Waals surface area contributed by atoms with E-state index in [1.54, 1.807) is 12.3 Å². The van der Waals surface area contributed by atoms with Crippen LogP contribution in [0.5, 0.6) is 0 Å². The van der Waals surface area contributed by atoms with E-state index < -0.39 is 0 Å². The van der Waals surface area contributed by atoms with Crippen LogP contribution in [0.25, 0.3) is 0 Å². The fourth-order valence-corrected chi connectivity index (χ4v) is 4.79. The van der Waals surface area contributed by atoms with Gasteiger partial charge in [-0.3, -0.25) is 9.89 Å². The van der Waals surface area contributed by atoms with Gasteiger partial charge < -0.3 is 10.2 Å². The third-order valence-electron chi connectivity index (χ3n) is 6.14. The van der Waals surface area contributed by atoms with Gasteiger partial charge in [0.1, 0.15) is 5.69 Å². The number of amides is 1. The molecular weight excluding hydrogens is 324 g/mol. The zero-order valence-electron chi connectivity index (χ0n) is 15.4. The van der Waals surface area contributed by atoms with Gasteiger partial charge in [-0.2, -0.15) is 5.10 Å². The molecule has 3 atom stereocenters. The number of hydrogen-bond donors (Lipinski definition) is 2. The molecule has 0 aliphatic carbocycles. The lowest BCUT2D eigenvalue weighted by atomic mass is 9.83. The number of nitrogens with one attached hydrogen (secondary N) is 2. The minimum atomic E-state index is -0.151. The van der Waals surface area contributed by atoms with Gasteiger partial charge in [0.25, 0.3) is 5.91 Å². The van der Waals surface area contributed by atoms with Crippen molar-refractivity contribution in [2.24, 2.45) is 0 Å². The highest BCUT2D eigenvalue weighted by Crippen LogP contribution is 2.37. The molecule has 2 aliphatic rings. The summed E-state index contributed by atoms with van der Waals surface area (Å²) < 4.78 is 0. The van der Waals surface area contributed by atoms with Gasteiger partial charge >= 0.3 is 0 Å². The Balaban J connectivity index is 1.58. The third kappa shape index (κ3) is 3.28. The Morgan fingerprint density at radius 3 is 2.85 bits per heavy atom. The summed E-state index contributed by atoms with van der Waals surface area (Å²) in [6.45, 7) is 3.10. The maximum absolute atomic E-state index is 13.2. The number of aromatic amines is 1. The van der Waals surface area contributed by atoms with E-state index in [2.05, 4.69) is 57.7 Å². The molecule has 0 unspecified atom stereocenters. The first-order valence-electron chi connectivity index (χ1n) is 9.78. The molecule has 5 heteroatoms. The van der Waals surface area contributed by atoms with Gasteiger partial charge in [-0.25, -0.2) is 0 Å². The average molecular weight is 352 g/mol. The van der Waals surface area contributed by atoms with Crippen LogP contribution in [-0.4, -0.2) is 45.2 Å². The van der Waals surface area contributed by atoms with Gasteiger partial charge in [-0.15, -0.1) is 0 Å². The summed E-state index contributed by atoms with van der Waals surface area (Å²) in [5.74, 6) is 0.0825. The van der Waals surface area contributed by atoms with Crippen LogP contribution in [0.1, 0.15) is 55.1 Å². The van der Waals surface area contributed by atoms with E-state index in [1.165, 1.54) is 18.4 Å². The zero-order chi connectivity index (χ0) is 18.0. The van der Waals surface area contributed by atoms with Crippen LogP contribution in [0.15, 0.2) is 42.6 Å². The summed E-state index contributed by atoms with van der Waals surface area (Å²) in [5, 5.41) is 10.7. The Hall–Kier alpha value is -2.14. The lowest BCUT2D eigenvalue weighted by Gasteiger charge is -2.44. The Morgan fingerprint density at radius 1 is 1.23 bits per heavy atom. The molecule has 2 aliphatic heterocycles. The normalized spacial score (nSPS) is 29.0. The molecule has 2 aromatic rings. The molecule has 0 saturated carbocycles. The molecule has 138 valence electrons. The highest BCUT2D eigenvalue weighted by Gasteiger charge is 2.49. The van der Waals surface area contributed by atoms with Crippen LogP contribution >= 0.6 is 0 Å². The lowest BCUT2D eigenvalue weighted by molar-refractivity contribution is 0.0420. The Morgan fingerprint density at radius 2 is 2.08 bits per heavy atom. The van der Waals surface area contributed by atoms with Gasteiger partial charge in [-0.1, -0.05) is 43.2 Å². The SMILES string of the molecule is C[C@]12C[C@@H](Cc3ccccc3)N[C@H]1CCCCCN2C(=O)c1ccn[nH]1. The number of carbonyl (C=O) groups excluding carboxylic acids is 1. The molecule has 5 nitrogen and oxygen atoms in total. The van der Waals surface area contributed by atoms with Crippen LogP contribution < -0.4 is 5.32 Å². The van der Waals surface area contributed by atoms with E-state index in [4.69, 9.17) is 0 Å². The molecule has 4 rings (SSSR count). The van der Waals surface area contributed by atoms with Crippen molar-refractivity contribution in [3.63, 3.8) is 0 Å². The van der Waals surface area contributed by atoms with Crippen molar-refractivity contribution >= 4 is 5.91 Å². The van der Waals surface area contributed by atoms with Crippen LogP contribution in [0.2, 0.25) is 0 Å². The van der Waals surface area contributed by atoms with E-state index in [9.17, 15) is 4.79 Å². The summed E-state index contributed by atoms with van der Waals surface area (Å²) in [4.78, 5) is 15.3. The molecule has 26 heavy (non-hydrogen) atoms. The first-order valence-corrected chi connectivity index (χ1v) is 9.78. The largest absolute Gasteiger partial charge is 0.330 e. The molecule has 0 radical (unpaired) electrons. The number of likely N-dealkylation sites (tertiary alicyclic amines) is 1. The molecule has 0 bridgehead atoms. The van der Waals surface area contributed by atoms with Crippen molar-refractivity contribution in [1.29, 1.82) is 0 Å². The number of carbonyl (C=O) groups is 1. The van der Waals surface area contributed by atoms with E-state index in [1.807, 2.05) is 0 Å². The first-order chi connectivity index (χ1) is 12.7. The molecule has 3 heterocycles. The van der Waals surface area contributed by atoms with Gasteiger partial charge in [0.15, 0.2) is 0 Å². The Kier molecular flexibility index (Phi) is 4.81. The molecule has 1 aromatic carbocycles. The zero-order valence-corrected chi connectivity index (χ0v) is 15.4. The van der Waals surface area contributed by atoms with Crippen LogP contribution in [0.3, 0.4) is 0 Å². The monoisotopic (exact) mass is 352 g/mol. The number of aromatic nitrogens is 2. The van der Waals surface area contributed by atoms with E-state index in [0.717, 1.165) is 32.2 Å². The number of nitrogens with zero attached hydrogens (tertiary/aromatic N) is 2. The van der Waals surface area contributed by atoms with E-state index >= 15 is 0 Å². The van der Waals surface area contributed by atoms with Crippen LogP contribution in [0.4, 0.5) is 0 Å². The van der Waals surface area contributed by atoms with Crippen molar-refractivity contribution < 1.29 is 4.79 Å². The van der Waals surface area contributed by atoms with Gasteiger partial charge in [0.2, 0.25) is 0 Å². The topological polar surface area (TPSA) is 61.0 Å². The van der Waals surface area contributed by atoms with E-state index in [0.29, 0.717) is 17.8 Å². The van der Waals surface area contributed by atoms with Crippen molar-refractivity contribution in [2.75, 3.05) is 6.54 Å². The minimum absolute atomic E-state index is 0.0825. The predicted octanol–water partition coefficient (Wildman–Crippen LogP) is 3.16. The standard InChI is InChI=1S/C21H28N4O/c1-21-15-17(14-16-8-4-2-5-9-16)23-19(21)10-6-3-7-13-25(21)20(26)18-11-12-22-24-18/h2,4-5,8-9,11-12,17,19,23H,3,6-7,10,13-15H2,1H3,(H,22,24)/t17-,19+,21+/m1/s1. The lowest BCUT2D eigenvalue weighted by Crippen LogP contribution is -2.57. The fraction of sp³-hybridized carbons (Fsp3) is 0.524. The number of H-pyrrole nitrogens is 1. The second-order valence-corrected chi connectivity index (χ2v) is 7.94. The van der Waals surface area contributed by atoms with Crippen LogP contribution in [0, 0.1) is 0 Å². The number of hydrogen-bond acceptors (Lipinski definition) is 3. The number of fused-ring (bicyclic) bond motifs is 1. The molecule has 0 spiro atoms. The third-order valence-corrected chi connectivity index (χ3v) is 6.14. The molecular formula is C21H28N4O. The highest BCUT2D eigenvalue weighted by molar-refractivity contribution is 5.92. The first kappa shape index (κ1) is 17.3. The molecule has 1 aromatic heterocycles. The predicted molar refractivity (Wildman–Crippen MR) is 102 cm³/mol. The quantitative estimate of drug-likeness (QED) is 0.892. The van der Waals surface area contributed by atoms with Crippen molar-refractivity contribution in [2.45, 2.75) is 63.1 Å². The average Bonchev–Trinajstić information content (AvgIpc) is 3.26. The summed E-state index contributed by atoms with van der Waals surface area (Å²) in [6, 6.07) is 13.2. The molecule has 2 N–H and O–H groups in total.